The molecule has 104 valence electrons. The third-order valence-corrected chi connectivity index (χ3v) is 3.80. The monoisotopic (exact) mass is 272 g/mol. The van der Waals surface area contributed by atoms with E-state index >= 15 is 0 Å². The SMILES string of the molecule is NC(=O)C1CC(=O)N(CCc2c[nH]c3ncccc23)C1. The van der Waals surface area contributed by atoms with E-state index in [0.29, 0.717) is 13.1 Å². The van der Waals surface area contributed by atoms with Crippen molar-refractivity contribution >= 4 is 22.8 Å². The van der Waals surface area contributed by atoms with Crippen molar-refractivity contribution in [3.63, 3.8) is 0 Å². The Balaban J connectivity index is 1.68. The molecule has 3 heterocycles. The van der Waals surface area contributed by atoms with Crippen LogP contribution in [0, 0.1) is 5.92 Å². The summed E-state index contributed by atoms with van der Waals surface area (Å²) in [4.78, 5) is 32.0. The second kappa shape index (κ2) is 4.96. The third kappa shape index (κ3) is 2.24. The largest absolute Gasteiger partial charge is 0.369 e. The molecule has 1 fully saturated rings. The van der Waals surface area contributed by atoms with E-state index in [4.69, 9.17) is 5.73 Å². The minimum Gasteiger partial charge on any atom is -0.369 e. The summed E-state index contributed by atoms with van der Waals surface area (Å²) in [6.07, 6.45) is 4.64. The lowest BCUT2D eigenvalue weighted by molar-refractivity contribution is -0.128. The predicted molar refractivity (Wildman–Crippen MR) is 73.7 cm³/mol. The van der Waals surface area contributed by atoms with Gasteiger partial charge in [-0.25, -0.2) is 4.98 Å². The number of likely N-dealkylation sites (tertiary alicyclic amines) is 1. The topological polar surface area (TPSA) is 92.1 Å². The van der Waals surface area contributed by atoms with E-state index in [-0.39, 0.29) is 18.2 Å². The highest BCUT2D eigenvalue weighted by Gasteiger charge is 2.32. The number of primary amides is 1. The second-order valence-corrected chi connectivity index (χ2v) is 5.11. The van der Waals surface area contributed by atoms with Gasteiger partial charge in [-0.2, -0.15) is 0 Å². The van der Waals surface area contributed by atoms with Gasteiger partial charge < -0.3 is 15.6 Å². The Morgan fingerprint density at radius 2 is 2.40 bits per heavy atom. The molecule has 6 heteroatoms. The second-order valence-electron chi connectivity index (χ2n) is 5.11. The maximum atomic E-state index is 11.8. The number of hydrogen-bond acceptors (Lipinski definition) is 3. The number of aromatic amines is 1. The van der Waals surface area contributed by atoms with Crippen molar-refractivity contribution in [2.75, 3.05) is 13.1 Å². The van der Waals surface area contributed by atoms with E-state index < -0.39 is 5.91 Å². The van der Waals surface area contributed by atoms with E-state index in [9.17, 15) is 9.59 Å². The third-order valence-electron chi connectivity index (χ3n) is 3.80. The Morgan fingerprint density at radius 3 is 3.15 bits per heavy atom. The van der Waals surface area contributed by atoms with E-state index in [2.05, 4.69) is 9.97 Å². The molecule has 2 amide bonds. The number of fused-ring (bicyclic) bond motifs is 1. The summed E-state index contributed by atoms with van der Waals surface area (Å²) in [6, 6.07) is 3.90. The van der Waals surface area contributed by atoms with Crippen LogP contribution in [-0.4, -0.2) is 39.8 Å². The molecule has 1 aliphatic rings. The molecule has 1 saturated heterocycles. The van der Waals surface area contributed by atoms with E-state index in [1.807, 2.05) is 18.3 Å². The molecule has 0 spiro atoms. The summed E-state index contributed by atoms with van der Waals surface area (Å²) in [7, 11) is 0. The zero-order valence-corrected chi connectivity index (χ0v) is 11.0. The highest BCUT2D eigenvalue weighted by molar-refractivity contribution is 5.88. The van der Waals surface area contributed by atoms with Crippen LogP contribution < -0.4 is 5.73 Å². The molecule has 1 aliphatic heterocycles. The van der Waals surface area contributed by atoms with Crippen LogP contribution in [0.4, 0.5) is 0 Å². The molecule has 0 aromatic carbocycles. The van der Waals surface area contributed by atoms with Gasteiger partial charge in [-0.3, -0.25) is 9.59 Å². The maximum absolute atomic E-state index is 11.8. The average Bonchev–Trinajstić information content (AvgIpc) is 3.00. The van der Waals surface area contributed by atoms with Gasteiger partial charge in [0.2, 0.25) is 11.8 Å². The predicted octanol–water partition coefficient (Wildman–Crippen LogP) is 0.439. The van der Waals surface area contributed by atoms with Gasteiger partial charge in [0.1, 0.15) is 5.65 Å². The first-order valence-corrected chi connectivity index (χ1v) is 6.63. The van der Waals surface area contributed by atoms with Crippen LogP contribution in [0.1, 0.15) is 12.0 Å². The maximum Gasteiger partial charge on any atom is 0.223 e. The van der Waals surface area contributed by atoms with Crippen molar-refractivity contribution in [1.29, 1.82) is 0 Å². The number of pyridine rings is 1. The normalized spacial score (nSPS) is 18.9. The molecule has 2 aromatic heterocycles. The molecule has 1 atom stereocenters. The van der Waals surface area contributed by atoms with Crippen LogP contribution in [0.5, 0.6) is 0 Å². The summed E-state index contributed by atoms with van der Waals surface area (Å²) in [5.41, 5.74) is 7.24. The van der Waals surface area contributed by atoms with Crippen molar-refractivity contribution in [1.82, 2.24) is 14.9 Å². The molecule has 0 saturated carbocycles. The van der Waals surface area contributed by atoms with Crippen LogP contribution in [0.3, 0.4) is 0 Å². The van der Waals surface area contributed by atoms with Gasteiger partial charge in [0.05, 0.1) is 5.92 Å². The van der Waals surface area contributed by atoms with Crippen molar-refractivity contribution in [2.45, 2.75) is 12.8 Å². The van der Waals surface area contributed by atoms with E-state index in [0.717, 1.165) is 23.0 Å². The summed E-state index contributed by atoms with van der Waals surface area (Å²) in [5, 5.41) is 1.07. The molecule has 3 N–H and O–H groups in total. The van der Waals surface area contributed by atoms with Crippen LogP contribution in [0.15, 0.2) is 24.5 Å². The number of nitrogens with zero attached hydrogens (tertiary/aromatic N) is 2. The van der Waals surface area contributed by atoms with Gasteiger partial charge in [0.15, 0.2) is 0 Å². The van der Waals surface area contributed by atoms with Gasteiger partial charge in [-0.15, -0.1) is 0 Å². The van der Waals surface area contributed by atoms with Gasteiger partial charge in [-0.05, 0) is 24.1 Å². The number of carbonyl (C=O) groups excluding carboxylic acids is 2. The molecule has 3 rings (SSSR count). The Hall–Kier alpha value is -2.37. The molecule has 0 radical (unpaired) electrons. The molecule has 6 nitrogen and oxygen atoms in total. The standard InChI is InChI=1S/C14H16N4O2/c15-13(20)10-6-12(19)18(8-10)5-3-9-7-17-14-11(9)2-1-4-16-14/h1-2,4,7,10H,3,5-6,8H2,(H2,15,20)(H,16,17). The first-order valence-electron chi connectivity index (χ1n) is 6.63. The average molecular weight is 272 g/mol. The van der Waals surface area contributed by atoms with E-state index in [1.54, 1.807) is 11.1 Å². The Morgan fingerprint density at radius 1 is 1.55 bits per heavy atom. The number of nitrogens with one attached hydrogen (secondary N) is 1. The van der Waals surface area contributed by atoms with E-state index in [1.165, 1.54) is 0 Å². The zero-order chi connectivity index (χ0) is 14.1. The summed E-state index contributed by atoms with van der Waals surface area (Å²) < 4.78 is 0. The molecule has 0 aliphatic carbocycles. The Bertz CT molecular complexity index is 664. The van der Waals surface area contributed by atoms with Gasteiger partial charge in [0.25, 0.3) is 0 Å². The quantitative estimate of drug-likeness (QED) is 0.845. The number of nitrogens with two attached hydrogens (primary N) is 1. The fourth-order valence-corrected chi connectivity index (χ4v) is 2.65. The molecule has 2 aromatic rings. The summed E-state index contributed by atoms with van der Waals surface area (Å²) >= 11 is 0. The van der Waals surface area contributed by atoms with Gasteiger partial charge in [-0.1, -0.05) is 0 Å². The first kappa shape index (κ1) is 12.7. The lowest BCUT2D eigenvalue weighted by Crippen LogP contribution is -2.30. The highest BCUT2D eigenvalue weighted by Crippen LogP contribution is 2.20. The number of rotatable bonds is 4. The number of amides is 2. The first-order chi connectivity index (χ1) is 9.65. The minimum atomic E-state index is -0.392. The van der Waals surface area contributed by atoms with Gasteiger partial charge >= 0.3 is 0 Å². The molecular weight excluding hydrogens is 256 g/mol. The lowest BCUT2D eigenvalue weighted by Gasteiger charge is -2.15. The Labute approximate surface area is 116 Å². The lowest BCUT2D eigenvalue weighted by atomic mass is 10.1. The van der Waals surface area contributed by atoms with Crippen molar-refractivity contribution in [2.24, 2.45) is 11.7 Å². The van der Waals surface area contributed by atoms with Crippen LogP contribution in [-0.2, 0) is 16.0 Å². The highest BCUT2D eigenvalue weighted by atomic mass is 16.2. The smallest absolute Gasteiger partial charge is 0.223 e. The number of H-pyrrole nitrogens is 1. The molecule has 20 heavy (non-hydrogen) atoms. The number of hydrogen-bond donors (Lipinski definition) is 2. The number of aromatic nitrogens is 2. The van der Waals surface area contributed by atoms with Crippen LogP contribution in [0.25, 0.3) is 11.0 Å². The van der Waals surface area contributed by atoms with Crippen LogP contribution in [0.2, 0.25) is 0 Å². The van der Waals surface area contributed by atoms with Crippen molar-refractivity contribution < 1.29 is 9.59 Å². The zero-order valence-electron chi connectivity index (χ0n) is 11.0. The molecular formula is C14H16N4O2. The van der Waals surface area contributed by atoms with Crippen molar-refractivity contribution in [3.05, 3.63) is 30.1 Å². The Kier molecular flexibility index (Phi) is 3.14. The van der Waals surface area contributed by atoms with Crippen LogP contribution >= 0.6 is 0 Å². The summed E-state index contributed by atoms with van der Waals surface area (Å²) in [6.45, 7) is 1.04. The number of carbonyl (C=O) groups is 2. The fraction of sp³-hybridized carbons (Fsp3) is 0.357. The van der Waals surface area contributed by atoms with Crippen molar-refractivity contribution in [3.8, 4) is 0 Å². The minimum absolute atomic E-state index is 0.00627. The van der Waals surface area contributed by atoms with Gasteiger partial charge in [0, 0.05) is 37.3 Å². The fourth-order valence-electron chi connectivity index (χ4n) is 2.65. The molecule has 1 unspecified atom stereocenters. The summed E-state index contributed by atoms with van der Waals surface area (Å²) in [5.74, 6) is -0.726. The molecule has 0 bridgehead atoms.